The van der Waals surface area contributed by atoms with Gasteiger partial charge in [0.2, 0.25) is 0 Å². The van der Waals surface area contributed by atoms with Crippen molar-refractivity contribution >= 4 is 5.97 Å². The van der Waals surface area contributed by atoms with Crippen molar-refractivity contribution in [1.82, 2.24) is 0 Å². The Balaban J connectivity index is 2.71. The second-order valence-electron chi connectivity index (χ2n) is 5.59. The number of halogens is 2. The Morgan fingerprint density at radius 2 is 1.16 bits per heavy atom. The van der Waals surface area contributed by atoms with Crippen molar-refractivity contribution in [2.75, 3.05) is 0 Å². The Kier molecular flexibility index (Phi) is 6.17. The van der Waals surface area contributed by atoms with Crippen LogP contribution in [0.25, 0.3) is 0 Å². The molecule has 0 heterocycles. The molecular formula is C14H24F2O3. The summed E-state index contributed by atoms with van der Waals surface area (Å²) in [5, 5.41) is 18.8. The lowest BCUT2D eigenvalue weighted by Crippen LogP contribution is -2.53. The minimum Gasteiger partial charge on any atom is -0.477 e. The largest absolute Gasteiger partial charge is 0.477 e. The number of rotatable bonds is 2. The van der Waals surface area contributed by atoms with E-state index in [1.165, 1.54) is 6.42 Å². The van der Waals surface area contributed by atoms with Crippen molar-refractivity contribution in [2.24, 2.45) is 0 Å². The van der Waals surface area contributed by atoms with Crippen molar-refractivity contribution in [3.05, 3.63) is 0 Å². The summed E-state index contributed by atoms with van der Waals surface area (Å²) in [6, 6.07) is 0. The average molecular weight is 278 g/mol. The third kappa shape index (κ3) is 4.41. The number of hydrogen-bond acceptors (Lipinski definition) is 2. The zero-order chi connectivity index (χ0) is 14.4. The van der Waals surface area contributed by atoms with E-state index in [-0.39, 0.29) is 12.8 Å². The van der Waals surface area contributed by atoms with Gasteiger partial charge in [-0.1, -0.05) is 57.8 Å². The molecule has 0 radical (unpaired) electrons. The lowest BCUT2D eigenvalue weighted by molar-refractivity contribution is -0.212. The molecular weight excluding hydrogens is 254 g/mol. The normalized spacial score (nSPS) is 23.1. The van der Waals surface area contributed by atoms with Crippen LogP contribution in [0.3, 0.4) is 0 Å². The van der Waals surface area contributed by atoms with Crippen molar-refractivity contribution in [1.29, 1.82) is 0 Å². The van der Waals surface area contributed by atoms with Gasteiger partial charge in [0.1, 0.15) is 5.60 Å². The average Bonchev–Trinajstić information content (AvgIpc) is 2.33. The summed E-state index contributed by atoms with van der Waals surface area (Å²) >= 11 is 0. The van der Waals surface area contributed by atoms with Crippen LogP contribution in [0.5, 0.6) is 0 Å². The molecule has 2 N–H and O–H groups in total. The molecule has 1 aliphatic rings. The molecule has 0 atom stereocenters. The molecule has 0 aromatic carbocycles. The summed E-state index contributed by atoms with van der Waals surface area (Å²) in [4.78, 5) is 10.7. The Labute approximate surface area is 113 Å². The van der Waals surface area contributed by atoms with E-state index in [9.17, 15) is 18.7 Å². The van der Waals surface area contributed by atoms with Crippen LogP contribution < -0.4 is 0 Å². The van der Waals surface area contributed by atoms with Crippen LogP contribution in [0.15, 0.2) is 0 Å². The minimum absolute atomic E-state index is 0.133. The predicted octanol–water partition coefficient (Wildman–Crippen LogP) is 3.74. The molecule has 0 aromatic rings. The third-order valence-electron chi connectivity index (χ3n) is 4.03. The summed E-state index contributed by atoms with van der Waals surface area (Å²) in [7, 11) is 0. The van der Waals surface area contributed by atoms with Crippen LogP contribution in [-0.4, -0.2) is 27.7 Å². The van der Waals surface area contributed by atoms with Crippen LogP contribution in [0.4, 0.5) is 8.78 Å². The molecule has 1 saturated carbocycles. The first kappa shape index (κ1) is 16.3. The Morgan fingerprint density at radius 1 is 0.842 bits per heavy atom. The third-order valence-corrected chi connectivity index (χ3v) is 4.03. The highest BCUT2D eigenvalue weighted by molar-refractivity contribution is 5.77. The monoisotopic (exact) mass is 278 g/mol. The second kappa shape index (κ2) is 7.17. The lowest BCUT2D eigenvalue weighted by Gasteiger charge is -2.33. The molecule has 0 spiro atoms. The molecule has 0 amide bonds. The Hall–Kier alpha value is -0.710. The number of aliphatic carboxylic acids is 1. The van der Waals surface area contributed by atoms with E-state index < -0.39 is 17.5 Å². The van der Waals surface area contributed by atoms with E-state index in [0.717, 1.165) is 38.5 Å². The molecule has 0 saturated heterocycles. The number of carboxylic acids is 1. The maximum atomic E-state index is 13.7. The first-order valence-corrected chi connectivity index (χ1v) is 7.24. The standard InChI is InChI=1S/C14H24F2O3/c15-14(16,12(17)18)13(19)10-8-6-4-2-1-3-5-7-9-11-13/h19H,1-11H2,(H,17,18). The first-order chi connectivity index (χ1) is 8.90. The van der Waals surface area contributed by atoms with Gasteiger partial charge in [0.05, 0.1) is 0 Å². The molecule has 0 bridgehead atoms. The fourth-order valence-electron chi connectivity index (χ4n) is 2.71. The maximum absolute atomic E-state index is 13.7. The molecule has 0 unspecified atom stereocenters. The highest BCUT2D eigenvalue weighted by Crippen LogP contribution is 2.38. The van der Waals surface area contributed by atoms with Crippen molar-refractivity contribution in [2.45, 2.75) is 82.2 Å². The van der Waals surface area contributed by atoms with Crippen LogP contribution in [-0.2, 0) is 4.79 Å². The number of carbonyl (C=O) groups is 1. The number of carboxylic acid groups (broad SMARTS) is 1. The van der Waals surface area contributed by atoms with E-state index in [0.29, 0.717) is 12.8 Å². The van der Waals surface area contributed by atoms with Gasteiger partial charge in [0.15, 0.2) is 0 Å². The minimum atomic E-state index is -4.06. The molecule has 5 heteroatoms. The van der Waals surface area contributed by atoms with Gasteiger partial charge in [-0.15, -0.1) is 0 Å². The van der Waals surface area contributed by atoms with E-state index in [2.05, 4.69) is 0 Å². The van der Waals surface area contributed by atoms with E-state index in [4.69, 9.17) is 5.11 Å². The summed E-state index contributed by atoms with van der Waals surface area (Å²) < 4.78 is 27.4. The van der Waals surface area contributed by atoms with Gasteiger partial charge in [-0.25, -0.2) is 4.79 Å². The zero-order valence-corrected chi connectivity index (χ0v) is 11.3. The van der Waals surface area contributed by atoms with E-state index in [1.807, 2.05) is 0 Å². The molecule has 112 valence electrons. The lowest BCUT2D eigenvalue weighted by atomic mass is 9.83. The fourth-order valence-corrected chi connectivity index (χ4v) is 2.71. The van der Waals surface area contributed by atoms with Crippen LogP contribution in [0.1, 0.15) is 70.6 Å². The van der Waals surface area contributed by atoms with Gasteiger partial charge < -0.3 is 10.2 Å². The summed E-state index contributed by atoms with van der Waals surface area (Å²) in [6.45, 7) is 0. The summed E-state index contributed by atoms with van der Waals surface area (Å²) in [5.74, 6) is -6.28. The quantitative estimate of drug-likeness (QED) is 0.809. The highest BCUT2D eigenvalue weighted by atomic mass is 19.3. The second-order valence-corrected chi connectivity index (χ2v) is 5.59. The maximum Gasteiger partial charge on any atom is 0.377 e. The van der Waals surface area contributed by atoms with Gasteiger partial charge in [0, 0.05) is 0 Å². The molecule has 0 aromatic heterocycles. The zero-order valence-electron chi connectivity index (χ0n) is 11.3. The van der Waals surface area contributed by atoms with E-state index >= 15 is 0 Å². The van der Waals surface area contributed by atoms with Gasteiger partial charge in [-0.2, -0.15) is 8.78 Å². The molecule has 19 heavy (non-hydrogen) atoms. The van der Waals surface area contributed by atoms with Gasteiger partial charge in [0.25, 0.3) is 0 Å². The van der Waals surface area contributed by atoms with Gasteiger partial charge in [-0.3, -0.25) is 0 Å². The molecule has 0 aliphatic heterocycles. The Bertz CT molecular complexity index is 280. The molecule has 3 nitrogen and oxygen atoms in total. The highest BCUT2D eigenvalue weighted by Gasteiger charge is 2.57. The van der Waals surface area contributed by atoms with Gasteiger partial charge >= 0.3 is 11.9 Å². The van der Waals surface area contributed by atoms with Crippen molar-refractivity contribution < 1.29 is 23.8 Å². The Morgan fingerprint density at radius 3 is 1.47 bits per heavy atom. The smallest absolute Gasteiger partial charge is 0.377 e. The molecule has 1 fully saturated rings. The fraction of sp³-hybridized carbons (Fsp3) is 0.929. The predicted molar refractivity (Wildman–Crippen MR) is 68.3 cm³/mol. The SMILES string of the molecule is O=C(O)C(F)(F)C1(O)CCCCCCCCCCC1. The van der Waals surface area contributed by atoms with Crippen LogP contribution in [0, 0.1) is 0 Å². The summed E-state index contributed by atoms with van der Waals surface area (Å²) in [6.07, 6.45) is 7.49. The van der Waals surface area contributed by atoms with Crippen LogP contribution in [0.2, 0.25) is 0 Å². The topological polar surface area (TPSA) is 57.5 Å². The number of aliphatic hydroxyl groups is 1. The molecule has 1 aliphatic carbocycles. The number of hydrogen-bond donors (Lipinski definition) is 2. The van der Waals surface area contributed by atoms with E-state index in [1.54, 1.807) is 0 Å². The first-order valence-electron chi connectivity index (χ1n) is 7.24. The van der Waals surface area contributed by atoms with Crippen LogP contribution >= 0.6 is 0 Å². The summed E-state index contributed by atoms with van der Waals surface area (Å²) in [5.41, 5.74) is -2.39. The van der Waals surface area contributed by atoms with Crippen molar-refractivity contribution in [3.8, 4) is 0 Å². The van der Waals surface area contributed by atoms with Gasteiger partial charge in [-0.05, 0) is 12.8 Å². The number of alkyl halides is 2. The molecule has 1 rings (SSSR count). The van der Waals surface area contributed by atoms with Crippen molar-refractivity contribution in [3.63, 3.8) is 0 Å².